The Balaban J connectivity index is 0.00000196. The summed E-state index contributed by atoms with van der Waals surface area (Å²) in [6, 6.07) is 6.26. The summed E-state index contributed by atoms with van der Waals surface area (Å²) < 4.78 is 16.6. The van der Waals surface area contributed by atoms with E-state index in [2.05, 4.69) is 17.0 Å². The molecule has 2 N–H and O–H groups in total. The molecule has 3 heterocycles. The van der Waals surface area contributed by atoms with Crippen LogP contribution in [0.1, 0.15) is 37.7 Å². The van der Waals surface area contributed by atoms with Crippen molar-refractivity contribution >= 4 is 29.9 Å². The van der Waals surface area contributed by atoms with Gasteiger partial charge in [0.25, 0.3) is 0 Å². The lowest BCUT2D eigenvalue weighted by Crippen LogP contribution is -2.43. The number of piperidine rings is 1. The standard InChI is InChI=1S/C19H27N3O3.HI/c20-18(22-8-2-1-3-9-22)21-13-19(6-10-23-11-7-19)15-4-5-16-17(12-15)25-14-24-16;/h4-5,12H,1-3,6-11,13-14H2,(H2,20,21);1H. The zero-order valence-electron chi connectivity index (χ0n) is 15.1. The third kappa shape index (κ3) is 4.03. The minimum absolute atomic E-state index is 0. The maximum absolute atomic E-state index is 6.29. The van der Waals surface area contributed by atoms with Crippen molar-refractivity contribution in [2.24, 2.45) is 10.7 Å². The van der Waals surface area contributed by atoms with Crippen molar-refractivity contribution in [2.45, 2.75) is 37.5 Å². The van der Waals surface area contributed by atoms with Crippen LogP contribution in [0.15, 0.2) is 23.2 Å². The first-order chi connectivity index (χ1) is 12.3. The molecular weight excluding hydrogens is 445 g/mol. The van der Waals surface area contributed by atoms with E-state index < -0.39 is 0 Å². The highest BCUT2D eigenvalue weighted by atomic mass is 127. The molecule has 3 aliphatic heterocycles. The van der Waals surface area contributed by atoms with Gasteiger partial charge in [-0.25, -0.2) is 0 Å². The Morgan fingerprint density at radius 1 is 1.08 bits per heavy atom. The van der Waals surface area contributed by atoms with E-state index in [0.29, 0.717) is 19.3 Å². The number of hydrogen-bond acceptors (Lipinski definition) is 4. The molecule has 1 aromatic rings. The van der Waals surface area contributed by atoms with Gasteiger partial charge in [0.05, 0.1) is 6.54 Å². The summed E-state index contributed by atoms with van der Waals surface area (Å²) in [5, 5.41) is 0. The van der Waals surface area contributed by atoms with Crippen molar-refractivity contribution in [1.29, 1.82) is 0 Å². The van der Waals surface area contributed by atoms with Gasteiger partial charge in [0.15, 0.2) is 17.5 Å². The maximum Gasteiger partial charge on any atom is 0.231 e. The van der Waals surface area contributed by atoms with E-state index in [4.69, 9.17) is 24.9 Å². The Kier molecular flexibility index (Phi) is 6.50. The summed E-state index contributed by atoms with van der Waals surface area (Å²) in [5.74, 6) is 2.34. The molecule has 144 valence electrons. The Morgan fingerprint density at radius 3 is 2.58 bits per heavy atom. The molecule has 2 fully saturated rings. The number of likely N-dealkylation sites (tertiary alicyclic amines) is 1. The summed E-state index contributed by atoms with van der Waals surface area (Å²) in [7, 11) is 0. The van der Waals surface area contributed by atoms with Crippen molar-refractivity contribution in [1.82, 2.24) is 4.90 Å². The fraction of sp³-hybridized carbons (Fsp3) is 0.632. The molecule has 26 heavy (non-hydrogen) atoms. The molecule has 6 nitrogen and oxygen atoms in total. The maximum atomic E-state index is 6.29. The lowest BCUT2D eigenvalue weighted by molar-refractivity contribution is 0.0529. The minimum Gasteiger partial charge on any atom is -0.454 e. The fourth-order valence-electron chi connectivity index (χ4n) is 3.98. The van der Waals surface area contributed by atoms with E-state index >= 15 is 0 Å². The molecule has 0 atom stereocenters. The summed E-state index contributed by atoms with van der Waals surface area (Å²) in [6.07, 6.45) is 5.60. The van der Waals surface area contributed by atoms with Gasteiger partial charge >= 0.3 is 0 Å². The molecule has 2 saturated heterocycles. The van der Waals surface area contributed by atoms with Crippen LogP contribution in [-0.2, 0) is 10.2 Å². The van der Waals surface area contributed by atoms with Gasteiger partial charge in [-0.2, -0.15) is 0 Å². The highest BCUT2D eigenvalue weighted by Crippen LogP contribution is 2.41. The van der Waals surface area contributed by atoms with Gasteiger partial charge in [0.2, 0.25) is 6.79 Å². The first kappa shape index (κ1) is 19.5. The zero-order chi connectivity index (χ0) is 17.1. The van der Waals surface area contributed by atoms with Crippen molar-refractivity contribution in [3.8, 4) is 11.5 Å². The highest BCUT2D eigenvalue weighted by molar-refractivity contribution is 14.0. The van der Waals surface area contributed by atoms with Gasteiger partial charge in [-0.05, 0) is 49.8 Å². The summed E-state index contributed by atoms with van der Waals surface area (Å²) in [4.78, 5) is 7.02. The summed E-state index contributed by atoms with van der Waals surface area (Å²) >= 11 is 0. The number of hydrogen-bond donors (Lipinski definition) is 1. The smallest absolute Gasteiger partial charge is 0.231 e. The average Bonchev–Trinajstić information content (AvgIpc) is 3.15. The molecular formula is C19H28IN3O3. The normalized spacial score (nSPS) is 22.0. The average molecular weight is 473 g/mol. The van der Waals surface area contributed by atoms with E-state index in [0.717, 1.165) is 50.6 Å². The van der Waals surface area contributed by atoms with Gasteiger partial charge < -0.3 is 24.8 Å². The zero-order valence-corrected chi connectivity index (χ0v) is 17.4. The number of fused-ring (bicyclic) bond motifs is 1. The summed E-state index contributed by atoms with van der Waals surface area (Å²) in [5.41, 5.74) is 7.50. The number of nitrogens with two attached hydrogens (primary N) is 1. The molecule has 0 bridgehead atoms. The first-order valence-corrected chi connectivity index (χ1v) is 9.30. The number of nitrogens with zero attached hydrogens (tertiary/aromatic N) is 2. The molecule has 7 heteroatoms. The topological polar surface area (TPSA) is 69.3 Å². The van der Waals surface area contributed by atoms with E-state index in [-0.39, 0.29) is 29.4 Å². The quantitative estimate of drug-likeness (QED) is 0.416. The van der Waals surface area contributed by atoms with Gasteiger partial charge in [-0.15, -0.1) is 24.0 Å². The molecule has 0 saturated carbocycles. The highest BCUT2D eigenvalue weighted by Gasteiger charge is 2.35. The van der Waals surface area contributed by atoms with Gasteiger partial charge in [0.1, 0.15) is 0 Å². The van der Waals surface area contributed by atoms with Crippen LogP contribution < -0.4 is 15.2 Å². The van der Waals surface area contributed by atoms with Crippen molar-refractivity contribution in [3.63, 3.8) is 0 Å². The summed E-state index contributed by atoms with van der Waals surface area (Å²) in [6.45, 7) is 4.55. The van der Waals surface area contributed by atoms with E-state index in [1.807, 2.05) is 6.07 Å². The van der Waals surface area contributed by atoms with Gasteiger partial charge in [-0.3, -0.25) is 4.99 Å². The number of aliphatic imine (C=N–C) groups is 1. The monoisotopic (exact) mass is 473 g/mol. The van der Waals surface area contributed by atoms with Crippen LogP contribution in [-0.4, -0.2) is 50.5 Å². The van der Waals surface area contributed by atoms with E-state index in [1.165, 1.54) is 24.8 Å². The largest absolute Gasteiger partial charge is 0.454 e. The molecule has 3 aliphatic rings. The van der Waals surface area contributed by atoms with Crippen molar-refractivity contribution < 1.29 is 14.2 Å². The second kappa shape index (κ2) is 8.65. The molecule has 0 unspecified atom stereocenters. The SMILES string of the molecule is I.NC(=NCC1(c2ccc3c(c2)OCO3)CCOCC1)N1CCCCC1. The molecule has 0 aliphatic carbocycles. The lowest BCUT2D eigenvalue weighted by Gasteiger charge is -2.37. The molecule has 1 aromatic carbocycles. The third-order valence-electron chi connectivity index (χ3n) is 5.66. The Labute approximate surface area is 172 Å². The number of benzene rings is 1. The second-order valence-electron chi connectivity index (χ2n) is 7.18. The van der Waals surface area contributed by atoms with Crippen LogP contribution in [0.2, 0.25) is 0 Å². The van der Waals surface area contributed by atoms with Crippen molar-refractivity contribution in [2.75, 3.05) is 39.6 Å². The predicted octanol–water partition coefficient (Wildman–Crippen LogP) is 2.88. The van der Waals surface area contributed by atoms with Crippen LogP contribution in [0, 0.1) is 0 Å². The van der Waals surface area contributed by atoms with Crippen LogP contribution in [0.5, 0.6) is 11.5 Å². The lowest BCUT2D eigenvalue weighted by atomic mass is 9.74. The van der Waals surface area contributed by atoms with Gasteiger partial charge in [-0.1, -0.05) is 6.07 Å². The third-order valence-corrected chi connectivity index (χ3v) is 5.66. The molecule has 0 amide bonds. The van der Waals surface area contributed by atoms with Crippen LogP contribution >= 0.6 is 24.0 Å². The Bertz CT molecular complexity index is 641. The van der Waals surface area contributed by atoms with Gasteiger partial charge in [0, 0.05) is 31.7 Å². The number of ether oxygens (including phenoxy) is 3. The van der Waals surface area contributed by atoms with E-state index in [9.17, 15) is 0 Å². The molecule has 0 radical (unpaired) electrons. The van der Waals surface area contributed by atoms with Crippen molar-refractivity contribution in [3.05, 3.63) is 23.8 Å². The Morgan fingerprint density at radius 2 is 1.81 bits per heavy atom. The van der Waals surface area contributed by atoms with Crippen LogP contribution in [0.3, 0.4) is 0 Å². The second-order valence-corrected chi connectivity index (χ2v) is 7.18. The Hall–Kier alpha value is -1.22. The first-order valence-electron chi connectivity index (χ1n) is 9.30. The number of halogens is 1. The molecule has 0 aromatic heterocycles. The molecule has 4 rings (SSSR count). The fourth-order valence-corrected chi connectivity index (χ4v) is 3.98. The predicted molar refractivity (Wildman–Crippen MR) is 112 cm³/mol. The van der Waals surface area contributed by atoms with Crippen LogP contribution in [0.25, 0.3) is 0 Å². The minimum atomic E-state index is -0.0420. The van der Waals surface area contributed by atoms with E-state index in [1.54, 1.807) is 0 Å². The number of rotatable bonds is 3. The number of guanidine groups is 1. The van der Waals surface area contributed by atoms with Crippen LogP contribution in [0.4, 0.5) is 0 Å². The molecule has 0 spiro atoms.